The molecule has 0 aliphatic rings. The van der Waals surface area contributed by atoms with E-state index >= 15 is 0 Å². The van der Waals surface area contributed by atoms with Crippen LogP contribution in [0.25, 0.3) is 0 Å². The normalized spacial score (nSPS) is 12.0. The van der Waals surface area contributed by atoms with Gasteiger partial charge in [0.15, 0.2) is 0 Å². The summed E-state index contributed by atoms with van der Waals surface area (Å²) in [5.41, 5.74) is 8.16. The van der Waals surface area contributed by atoms with Crippen LogP contribution in [0, 0.1) is 0 Å². The third-order valence-corrected chi connectivity index (χ3v) is 3.26. The minimum atomic E-state index is -0.266. The van der Waals surface area contributed by atoms with Gasteiger partial charge in [-0.05, 0) is 29.8 Å². The Morgan fingerprint density at radius 1 is 1.00 bits per heavy atom. The highest BCUT2D eigenvalue weighted by Gasteiger charge is 2.14. The maximum absolute atomic E-state index is 6.27. The molecule has 1 unspecified atom stereocenters. The van der Waals surface area contributed by atoms with E-state index < -0.39 is 0 Å². The summed E-state index contributed by atoms with van der Waals surface area (Å²) in [4.78, 5) is 0. The highest BCUT2D eigenvalue weighted by atomic mass is 35.5. The van der Waals surface area contributed by atoms with Crippen molar-refractivity contribution in [3.63, 3.8) is 0 Å². The molecule has 4 heteroatoms. The highest BCUT2D eigenvalue weighted by Crippen LogP contribution is 2.31. The molecule has 1 atom stereocenters. The summed E-state index contributed by atoms with van der Waals surface area (Å²) < 4.78 is 10.5. The van der Waals surface area contributed by atoms with Gasteiger partial charge in [0.1, 0.15) is 11.5 Å². The molecule has 100 valence electrons. The van der Waals surface area contributed by atoms with Crippen LogP contribution in [0.1, 0.15) is 17.2 Å². The molecule has 19 heavy (non-hydrogen) atoms. The van der Waals surface area contributed by atoms with Gasteiger partial charge in [0.2, 0.25) is 0 Å². The van der Waals surface area contributed by atoms with Crippen molar-refractivity contribution in [2.75, 3.05) is 14.2 Å². The number of hydrogen-bond donors (Lipinski definition) is 1. The van der Waals surface area contributed by atoms with Crippen molar-refractivity contribution in [2.24, 2.45) is 5.73 Å². The van der Waals surface area contributed by atoms with Gasteiger partial charge in [0, 0.05) is 16.7 Å². The number of ether oxygens (including phenoxy) is 2. The fourth-order valence-electron chi connectivity index (χ4n) is 1.93. The summed E-state index contributed by atoms with van der Waals surface area (Å²) in [6, 6.07) is 12.8. The van der Waals surface area contributed by atoms with Crippen molar-refractivity contribution in [1.82, 2.24) is 0 Å². The van der Waals surface area contributed by atoms with Crippen LogP contribution < -0.4 is 15.2 Å². The molecular weight excluding hydrogens is 262 g/mol. The Morgan fingerprint density at radius 2 is 1.68 bits per heavy atom. The van der Waals surface area contributed by atoms with Gasteiger partial charge in [-0.15, -0.1) is 0 Å². The lowest BCUT2D eigenvalue weighted by molar-refractivity contribution is 0.390. The van der Waals surface area contributed by atoms with E-state index in [2.05, 4.69) is 0 Å². The summed E-state index contributed by atoms with van der Waals surface area (Å²) in [6.45, 7) is 0. The zero-order valence-corrected chi connectivity index (χ0v) is 11.6. The van der Waals surface area contributed by atoms with E-state index in [0.717, 1.165) is 16.9 Å². The van der Waals surface area contributed by atoms with E-state index in [1.165, 1.54) is 0 Å². The van der Waals surface area contributed by atoms with E-state index in [1.54, 1.807) is 14.2 Å². The first kappa shape index (κ1) is 13.7. The van der Waals surface area contributed by atoms with E-state index in [0.29, 0.717) is 10.8 Å². The fraction of sp³-hybridized carbons (Fsp3) is 0.200. The number of halogens is 1. The average Bonchev–Trinajstić information content (AvgIpc) is 2.46. The second kappa shape index (κ2) is 5.95. The second-order valence-electron chi connectivity index (χ2n) is 4.14. The van der Waals surface area contributed by atoms with Crippen LogP contribution in [-0.4, -0.2) is 14.2 Å². The third kappa shape index (κ3) is 3.00. The quantitative estimate of drug-likeness (QED) is 0.931. The molecule has 0 spiro atoms. The van der Waals surface area contributed by atoms with Crippen LogP contribution in [0.5, 0.6) is 11.5 Å². The molecule has 2 N–H and O–H groups in total. The summed E-state index contributed by atoms with van der Waals surface area (Å²) in [5.74, 6) is 1.45. The number of hydrogen-bond acceptors (Lipinski definition) is 3. The summed E-state index contributed by atoms with van der Waals surface area (Å²) in [5, 5.41) is 0.692. The van der Waals surface area contributed by atoms with Gasteiger partial charge in [0.25, 0.3) is 0 Å². The standard InChI is InChI=1S/C15H16ClNO2/c1-18-12-7-8-13(14(9-12)19-2)15(17)10-3-5-11(16)6-4-10/h3-9,15H,17H2,1-2H3. The predicted octanol–water partition coefficient (Wildman–Crippen LogP) is 3.41. The topological polar surface area (TPSA) is 44.5 Å². The molecule has 0 fully saturated rings. The van der Waals surface area contributed by atoms with Gasteiger partial charge >= 0.3 is 0 Å². The Labute approximate surface area is 117 Å². The minimum Gasteiger partial charge on any atom is -0.497 e. The van der Waals surface area contributed by atoms with Crippen molar-refractivity contribution < 1.29 is 9.47 Å². The molecule has 2 aromatic carbocycles. The van der Waals surface area contributed by atoms with E-state index in [1.807, 2.05) is 42.5 Å². The maximum atomic E-state index is 6.27. The summed E-state index contributed by atoms with van der Waals surface area (Å²) >= 11 is 5.88. The Bertz CT molecular complexity index is 555. The predicted molar refractivity (Wildman–Crippen MR) is 77.0 cm³/mol. The first-order valence-corrected chi connectivity index (χ1v) is 6.26. The first-order chi connectivity index (χ1) is 9.15. The van der Waals surface area contributed by atoms with Crippen molar-refractivity contribution in [1.29, 1.82) is 0 Å². The van der Waals surface area contributed by atoms with Gasteiger partial charge in [-0.3, -0.25) is 0 Å². The molecule has 0 amide bonds. The average molecular weight is 278 g/mol. The molecule has 0 aliphatic heterocycles. The molecule has 0 saturated carbocycles. The third-order valence-electron chi connectivity index (χ3n) is 3.00. The van der Waals surface area contributed by atoms with Crippen LogP contribution in [0.15, 0.2) is 42.5 Å². The lowest BCUT2D eigenvalue weighted by atomic mass is 9.98. The van der Waals surface area contributed by atoms with Crippen molar-refractivity contribution in [3.05, 3.63) is 58.6 Å². The largest absolute Gasteiger partial charge is 0.497 e. The van der Waals surface area contributed by atoms with Gasteiger partial charge in [-0.2, -0.15) is 0 Å². The van der Waals surface area contributed by atoms with E-state index in [-0.39, 0.29) is 6.04 Å². The fourth-order valence-corrected chi connectivity index (χ4v) is 2.05. The molecule has 0 radical (unpaired) electrons. The lowest BCUT2D eigenvalue weighted by Crippen LogP contribution is -2.13. The van der Waals surface area contributed by atoms with E-state index in [4.69, 9.17) is 26.8 Å². The number of rotatable bonds is 4. The van der Waals surface area contributed by atoms with Gasteiger partial charge in [-0.25, -0.2) is 0 Å². The molecule has 0 bridgehead atoms. The van der Waals surface area contributed by atoms with Crippen molar-refractivity contribution in [2.45, 2.75) is 6.04 Å². The zero-order chi connectivity index (χ0) is 13.8. The summed E-state index contributed by atoms with van der Waals surface area (Å²) in [7, 11) is 3.24. The Balaban J connectivity index is 2.37. The first-order valence-electron chi connectivity index (χ1n) is 5.88. The highest BCUT2D eigenvalue weighted by molar-refractivity contribution is 6.30. The Hall–Kier alpha value is -1.71. The van der Waals surface area contributed by atoms with E-state index in [9.17, 15) is 0 Å². The molecule has 0 aliphatic carbocycles. The Morgan fingerprint density at radius 3 is 2.26 bits per heavy atom. The Kier molecular flexibility index (Phi) is 4.30. The maximum Gasteiger partial charge on any atom is 0.127 e. The van der Waals surface area contributed by atoms with Crippen LogP contribution in [0.4, 0.5) is 0 Å². The summed E-state index contributed by atoms with van der Waals surface area (Å²) in [6.07, 6.45) is 0. The van der Waals surface area contributed by atoms with Gasteiger partial charge < -0.3 is 15.2 Å². The SMILES string of the molecule is COc1ccc(C(N)c2ccc(Cl)cc2)c(OC)c1. The molecule has 0 aromatic heterocycles. The zero-order valence-electron chi connectivity index (χ0n) is 10.9. The number of methoxy groups -OCH3 is 2. The molecule has 3 nitrogen and oxygen atoms in total. The van der Waals surface area contributed by atoms with Crippen LogP contribution in [0.2, 0.25) is 5.02 Å². The molecule has 2 aromatic rings. The lowest BCUT2D eigenvalue weighted by Gasteiger charge is -2.17. The van der Waals surface area contributed by atoms with Crippen LogP contribution in [0.3, 0.4) is 0 Å². The smallest absolute Gasteiger partial charge is 0.127 e. The number of benzene rings is 2. The van der Waals surface area contributed by atoms with Crippen molar-refractivity contribution in [3.8, 4) is 11.5 Å². The molecule has 0 heterocycles. The van der Waals surface area contributed by atoms with Crippen LogP contribution in [-0.2, 0) is 0 Å². The molecular formula is C15H16ClNO2. The molecule has 0 saturated heterocycles. The van der Waals surface area contributed by atoms with Crippen molar-refractivity contribution >= 4 is 11.6 Å². The van der Waals surface area contributed by atoms with Crippen LogP contribution >= 0.6 is 11.6 Å². The number of nitrogens with two attached hydrogens (primary N) is 1. The van der Waals surface area contributed by atoms with Gasteiger partial charge in [-0.1, -0.05) is 23.7 Å². The minimum absolute atomic E-state index is 0.266. The molecule has 2 rings (SSSR count). The second-order valence-corrected chi connectivity index (χ2v) is 4.57. The van der Waals surface area contributed by atoms with Gasteiger partial charge in [0.05, 0.1) is 20.3 Å². The monoisotopic (exact) mass is 277 g/mol.